The van der Waals surface area contributed by atoms with Gasteiger partial charge in [0.15, 0.2) is 0 Å². The van der Waals surface area contributed by atoms with Crippen molar-refractivity contribution in [2.75, 3.05) is 19.0 Å². The third-order valence-electron chi connectivity index (χ3n) is 5.43. The second-order valence-corrected chi connectivity index (χ2v) is 7.73. The molecule has 0 aliphatic carbocycles. The number of fused-ring (bicyclic) bond motifs is 1. The second-order valence-electron chi connectivity index (χ2n) is 7.73. The summed E-state index contributed by atoms with van der Waals surface area (Å²) in [5, 5.41) is 4.44. The topological polar surface area (TPSA) is 73.9 Å². The molecule has 3 aromatic rings. The number of aromatic amines is 1. The minimum Gasteiger partial charge on any atom is -0.363 e. The fourth-order valence-corrected chi connectivity index (χ4v) is 3.68. The molecule has 0 saturated heterocycles. The minimum absolute atomic E-state index is 0.0109. The molecular formula is C23H31N5O. The fourth-order valence-electron chi connectivity index (χ4n) is 3.68. The molecule has 0 spiro atoms. The van der Waals surface area contributed by atoms with Crippen LogP contribution in [-0.2, 0) is 11.2 Å². The molecule has 154 valence electrons. The summed E-state index contributed by atoms with van der Waals surface area (Å²) >= 11 is 0. The number of aromatic nitrogens is 3. The molecular weight excluding hydrogens is 362 g/mol. The first-order chi connectivity index (χ1) is 13.9. The molecule has 2 heterocycles. The number of carbonyl (C=O) groups excluding carboxylic acids is 1. The van der Waals surface area contributed by atoms with Crippen LogP contribution in [0.1, 0.15) is 49.8 Å². The molecule has 1 amide bonds. The van der Waals surface area contributed by atoms with E-state index in [-0.39, 0.29) is 17.9 Å². The van der Waals surface area contributed by atoms with Crippen molar-refractivity contribution in [2.24, 2.45) is 5.92 Å². The van der Waals surface area contributed by atoms with Crippen LogP contribution in [0.2, 0.25) is 0 Å². The fraction of sp³-hybridized carbons (Fsp3) is 0.435. The van der Waals surface area contributed by atoms with E-state index in [4.69, 9.17) is 0 Å². The van der Waals surface area contributed by atoms with Crippen LogP contribution >= 0.6 is 0 Å². The van der Waals surface area contributed by atoms with E-state index in [1.807, 2.05) is 50.3 Å². The zero-order chi connectivity index (χ0) is 21.0. The van der Waals surface area contributed by atoms with E-state index in [1.54, 1.807) is 0 Å². The van der Waals surface area contributed by atoms with Gasteiger partial charge in [-0.1, -0.05) is 32.0 Å². The number of rotatable bonds is 8. The summed E-state index contributed by atoms with van der Waals surface area (Å²) in [6.45, 7) is 6.00. The lowest BCUT2D eigenvalue weighted by Gasteiger charge is -2.23. The Balaban J connectivity index is 1.98. The summed E-state index contributed by atoms with van der Waals surface area (Å²) in [7, 11) is 3.92. The minimum atomic E-state index is -0.220. The van der Waals surface area contributed by atoms with Crippen LogP contribution in [0.5, 0.6) is 0 Å². The summed E-state index contributed by atoms with van der Waals surface area (Å²) < 4.78 is 0. The predicted octanol–water partition coefficient (Wildman–Crippen LogP) is 4.17. The molecule has 29 heavy (non-hydrogen) atoms. The Hall–Kier alpha value is -2.89. The van der Waals surface area contributed by atoms with Gasteiger partial charge in [-0.3, -0.25) is 4.79 Å². The molecule has 3 rings (SSSR count). The molecule has 0 bridgehead atoms. The number of H-pyrrole nitrogens is 1. The summed E-state index contributed by atoms with van der Waals surface area (Å²) in [6.07, 6.45) is 4.35. The molecule has 0 saturated carbocycles. The predicted molar refractivity (Wildman–Crippen MR) is 118 cm³/mol. The summed E-state index contributed by atoms with van der Waals surface area (Å²) in [6, 6.07) is 9.98. The highest BCUT2D eigenvalue weighted by Crippen LogP contribution is 2.26. The van der Waals surface area contributed by atoms with Gasteiger partial charge in [-0.25, -0.2) is 9.97 Å². The number of hydrogen-bond donors (Lipinski definition) is 2. The van der Waals surface area contributed by atoms with E-state index in [2.05, 4.69) is 46.2 Å². The van der Waals surface area contributed by atoms with Gasteiger partial charge in [0.05, 0.1) is 11.7 Å². The third-order valence-corrected chi connectivity index (χ3v) is 5.43. The first-order valence-electron chi connectivity index (χ1n) is 10.3. The van der Waals surface area contributed by atoms with Gasteiger partial charge in [-0.15, -0.1) is 0 Å². The number of nitrogens with one attached hydrogen (secondary N) is 2. The molecule has 0 radical (unpaired) electrons. The molecule has 1 aromatic carbocycles. The Morgan fingerprint density at radius 2 is 1.90 bits per heavy atom. The van der Waals surface area contributed by atoms with Crippen molar-refractivity contribution in [3.8, 4) is 0 Å². The van der Waals surface area contributed by atoms with E-state index in [1.165, 1.54) is 5.39 Å². The zero-order valence-corrected chi connectivity index (χ0v) is 18.0. The first kappa shape index (κ1) is 20.8. The molecule has 0 unspecified atom stereocenters. The van der Waals surface area contributed by atoms with Gasteiger partial charge in [0.1, 0.15) is 11.6 Å². The van der Waals surface area contributed by atoms with Gasteiger partial charge in [0.2, 0.25) is 5.91 Å². The number of nitrogens with zero attached hydrogens (tertiary/aromatic N) is 3. The summed E-state index contributed by atoms with van der Waals surface area (Å²) in [4.78, 5) is 27.4. The number of hydrogen-bond acceptors (Lipinski definition) is 4. The van der Waals surface area contributed by atoms with E-state index in [0.717, 1.165) is 35.4 Å². The highest BCUT2D eigenvalue weighted by Gasteiger charge is 2.23. The standard InChI is InChI=1S/C23H31N5O/c1-6-16(7-2)23(29)27-20(21-13-22(28(4)5)26-15(3)25-21)12-17-14-24-19-11-9-8-10-18(17)19/h8-11,13-14,16,20,24H,6-7,12H2,1-5H3,(H,27,29)/t20-/m0/s1. The van der Waals surface area contributed by atoms with Crippen molar-refractivity contribution in [1.82, 2.24) is 20.3 Å². The Kier molecular flexibility index (Phi) is 6.52. The lowest BCUT2D eigenvalue weighted by atomic mass is 9.98. The maximum absolute atomic E-state index is 12.9. The summed E-state index contributed by atoms with van der Waals surface area (Å²) in [5.41, 5.74) is 3.10. The van der Waals surface area contributed by atoms with Crippen molar-refractivity contribution in [3.05, 3.63) is 53.6 Å². The van der Waals surface area contributed by atoms with E-state index < -0.39 is 0 Å². The van der Waals surface area contributed by atoms with Crippen LogP contribution in [-0.4, -0.2) is 35.0 Å². The molecule has 0 aliphatic heterocycles. The van der Waals surface area contributed by atoms with Gasteiger partial charge >= 0.3 is 0 Å². The average Bonchev–Trinajstić information content (AvgIpc) is 3.11. The molecule has 1 atom stereocenters. The van der Waals surface area contributed by atoms with Crippen LogP contribution in [0.4, 0.5) is 5.82 Å². The normalized spacial score (nSPS) is 12.3. The number of amides is 1. The van der Waals surface area contributed by atoms with Crippen molar-refractivity contribution in [3.63, 3.8) is 0 Å². The quantitative estimate of drug-likeness (QED) is 0.602. The Bertz CT molecular complexity index is 974. The molecule has 2 N–H and O–H groups in total. The second kappa shape index (κ2) is 9.07. The van der Waals surface area contributed by atoms with E-state index in [0.29, 0.717) is 12.2 Å². The van der Waals surface area contributed by atoms with Crippen molar-refractivity contribution in [2.45, 2.75) is 46.1 Å². The third kappa shape index (κ3) is 4.75. The van der Waals surface area contributed by atoms with Gasteiger partial charge in [-0.05, 0) is 31.4 Å². The Morgan fingerprint density at radius 3 is 2.59 bits per heavy atom. The lowest BCUT2D eigenvalue weighted by molar-refractivity contribution is -0.126. The van der Waals surface area contributed by atoms with Crippen LogP contribution in [0, 0.1) is 12.8 Å². The van der Waals surface area contributed by atoms with Crippen molar-refractivity contribution < 1.29 is 4.79 Å². The molecule has 6 heteroatoms. The van der Waals surface area contributed by atoms with Crippen LogP contribution in [0.15, 0.2) is 36.5 Å². The van der Waals surface area contributed by atoms with Gasteiger partial charge in [0, 0.05) is 49.6 Å². The summed E-state index contributed by atoms with van der Waals surface area (Å²) in [5.74, 6) is 1.64. The number of anilines is 1. The first-order valence-corrected chi connectivity index (χ1v) is 10.3. The van der Waals surface area contributed by atoms with Crippen LogP contribution in [0.25, 0.3) is 10.9 Å². The number of benzene rings is 1. The molecule has 0 aliphatic rings. The van der Waals surface area contributed by atoms with E-state index in [9.17, 15) is 4.79 Å². The number of para-hydroxylation sites is 1. The van der Waals surface area contributed by atoms with Gasteiger partial charge in [-0.2, -0.15) is 0 Å². The zero-order valence-electron chi connectivity index (χ0n) is 18.0. The lowest BCUT2D eigenvalue weighted by Crippen LogP contribution is -2.35. The molecule has 6 nitrogen and oxygen atoms in total. The highest BCUT2D eigenvalue weighted by molar-refractivity contribution is 5.83. The van der Waals surface area contributed by atoms with Gasteiger partial charge in [0.25, 0.3) is 0 Å². The number of carbonyl (C=O) groups is 1. The van der Waals surface area contributed by atoms with Crippen molar-refractivity contribution in [1.29, 1.82) is 0 Å². The monoisotopic (exact) mass is 393 g/mol. The smallest absolute Gasteiger partial charge is 0.223 e. The Labute approximate surface area is 172 Å². The maximum atomic E-state index is 12.9. The highest BCUT2D eigenvalue weighted by atomic mass is 16.1. The Morgan fingerprint density at radius 1 is 1.17 bits per heavy atom. The largest absolute Gasteiger partial charge is 0.363 e. The van der Waals surface area contributed by atoms with Crippen molar-refractivity contribution >= 4 is 22.6 Å². The van der Waals surface area contributed by atoms with E-state index >= 15 is 0 Å². The van der Waals surface area contributed by atoms with Crippen LogP contribution in [0.3, 0.4) is 0 Å². The SMILES string of the molecule is CCC(CC)C(=O)N[C@@H](Cc1c[nH]c2ccccc12)c1cc(N(C)C)nc(C)n1. The average molecular weight is 394 g/mol. The van der Waals surface area contributed by atoms with Gasteiger partial charge < -0.3 is 15.2 Å². The van der Waals surface area contributed by atoms with Crippen LogP contribution < -0.4 is 10.2 Å². The molecule has 0 fully saturated rings. The molecule has 2 aromatic heterocycles. The number of aryl methyl sites for hydroxylation is 1. The maximum Gasteiger partial charge on any atom is 0.223 e.